The number of hydrogen-bond donors (Lipinski definition) is 2. The Balaban J connectivity index is 1.61. The minimum Gasteiger partial charge on any atom is -0.346 e. The van der Waals surface area contributed by atoms with Gasteiger partial charge in [0.2, 0.25) is 0 Å². The minimum absolute atomic E-state index is 0.0538. The van der Waals surface area contributed by atoms with Crippen molar-refractivity contribution in [2.24, 2.45) is 0 Å². The topological polar surface area (TPSA) is 120 Å². The highest BCUT2D eigenvalue weighted by Crippen LogP contribution is 2.40. The highest BCUT2D eigenvalue weighted by molar-refractivity contribution is 6.02. The largest absolute Gasteiger partial charge is 0.435 e. The molecule has 1 fully saturated rings. The summed E-state index contributed by atoms with van der Waals surface area (Å²) in [6, 6.07) is 3.87. The van der Waals surface area contributed by atoms with Crippen LogP contribution in [0.4, 0.5) is 13.2 Å². The van der Waals surface area contributed by atoms with Crippen molar-refractivity contribution in [2.45, 2.75) is 44.4 Å². The molecule has 4 aromatic heterocycles. The zero-order chi connectivity index (χ0) is 27.3. The van der Waals surface area contributed by atoms with Crippen LogP contribution in [-0.2, 0) is 12.7 Å². The van der Waals surface area contributed by atoms with Gasteiger partial charge in [-0.1, -0.05) is 0 Å². The van der Waals surface area contributed by atoms with Crippen LogP contribution in [0.1, 0.15) is 53.6 Å². The van der Waals surface area contributed by atoms with Gasteiger partial charge in [0.15, 0.2) is 11.4 Å². The SMILES string of the molecule is CN1CCCCn2cc(c(C(F)(F)F)n2)-c2c[nH]c3ncc(cc23)-c2c(nn(C3CCNCC3)c2C#N)C1=O. The van der Waals surface area contributed by atoms with Gasteiger partial charge in [-0.25, -0.2) is 4.98 Å². The van der Waals surface area contributed by atoms with Crippen molar-refractivity contribution in [2.75, 3.05) is 26.7 Å². The molecule has 2 aliphatic rings. The number of carbonyl (C=O) groups excluding carboxylic acids is 1. The van der Waals surface area contributed by atoms with Crippen molar-refractivity contribution in [1.82, 2.24) is 39.7 Å². The molecule has 0 saturated carbocycles. The van der Waals surface area contributed by atoms with Crippen LogP contribution in [0.3, 0.4) is 0 Å². The number of nitrogens with one attached hydrogen (secondary N) is 2. The van der Waals surface area contributed by atoms with E-state index < -0.39 is 11.9 Å². The molecule has 202 valence electrons. The average molecular weight is 538 g/mol. The third kappa shape index (κ3) is 4.34. The number of hydrogen-bond acceptors (Lipinski definition) is 6. The van der Waals surface area contributed by atoms with Crippen LogP contribution in [0.15, 0.2) is 24.7 Å². The molecular weight excluding hydrogens is 511 g/mol. The van der Waals surface area contributed by atoms with Crippen molar-refractivity contribution in [3.05, 3.63) is 41.7 Å². The first-order chi connectivity index (χ1) is 18.8. The fourth-order valence-electron chi connectivity index (χ4n) is 5.49. The number of halogens is 3. The summed E-state index contributed by atoms with van der Waals surface area (Å²) in [6.07, 6.45) is 2.35. The number of fused-ring (bicyclic) bond motifs is 6. The van der Waals surface area contributed by atoms with E-state index in [0.717, 1.165) is 25.9 Å². The second-order valence-electron chi connectivity index (χ2n) is 10.0. The third-order valence-corrected chi connectivity index (χ3v) is 7.49. The maximum atomic E-state index is 14.0. The first-order valence-corrected chi connectivity index (χ1v) is 12.9. The molecule has 6 heterocycles. The summed E-state index contributed by atoms with van der Waals surface area (Å²) in [4.78, 5) is 22.6. The molecule has 0 radical (unpaired) electrons. The van der Waals surface area contributed by atoms with E-state index in [4.69, 9.17) is 0 Å². The van der Waals surface area contributed by atoms with Gasteiger partial charge in [0, 0.05) is 60.8 Å². The molecule has 0 unspecified atom stereocenters. The molecule has 13 heteroatoms. The summed E-state index contributed by atoms with van der Waals surface area (Å²) >= 11 is 0. The number of H-pyrrole nitrogens is 1. The number of carbonyl (C=O) groups is 1. The van der Waals surface area contributed by atoms with Crippen LogP contribution < -0.4 is 5.32 Å². The molecule has 0 aliphatic carbocycles. The van der Waals surface area contributed by atoms with Gasteiger partial charge in [-0.3, -0.25) is 14.2 Å². The Morgan fingerprint density at radius 2 is 1.90 bits per heavy atom. The number of nitriles is 1. The number of nitrogens with zero attached hydrogens (tertiary/aromatic N) is 7. The first-order valence-electron chi connectivity index (χ1n) is 12.9. The predicted molar refractivity (Wildman–Crippen MR) is 136 cm³/mol. The molecule has 2 aliphatic heterocycles. The zero-order valence-corrected chi connectivity index (χ0v) is 21.2. The van der Waals surface area contributed by atoms with Crippen LogP contribution in [-0.4, -0.2) is 67.0 Å². The van der Waals surface area contributed by atoms with E-state index in [1.54, 1.807) is 22.7 Å². The normalized spacial score (nSPS) is 17.2. The van der Waals surface area contributed by atoms with Gasteiger partial charge in [-0.05, 0) is 44.8 Å². The number of alkyl halides is 3. The summed E-state index contributed by atoms with van der Waals surface area (Å²) in [5.41, 5.74) is 0.818. The molecular formula is C26H26F3N9O. The zero-order valence-electron chi connectivity index (χ0n) is 21.2. The molecule has 1 amide bonds. The summed E-state index contributed by atoms with van der Waals surface area (Å²) in [5, 5.41) is 22.5. The maximum absolute atomic E-state index is 14.0. The van der Waals surface area contributed by atoms with Crippen LogP contribution in [0, 0.1) is 11.3 Å². The highest BCUT2D eigenvalue weighted by atomic mass is 19.4. The van der Waals surface area contributed by atoms with Crippen molar-refractivity contribution in [1.29, 1.82) is 5.26 Å². The van der Waals surface area contributed by atoms with Crippen molar-refractivity contribution >= 4 is 16.9 Å². The van der Waals surface area contributed by atoms with Gasteiger partial charge in [0.05, 0.1) is 11.6 Å². The fourth-order valence-corrected chi connectivity index (χ4v) is 5.49. The molecule has 10 nitrogen and oxygen atoms in total. The number of rotatable bonds is 1. The van der Waals surface area contributed by atoms with Gasteiger partial charge in [-0.2, -0.15) is 28.6 Å². The number of pyridine rings is 1. The lowest BCUT2D eigenvalue weighted by atomic mass is 10.00. The molecule has 4 aromatic rings. The van der Waals surface area contributed by atoms with Crippen molar-refractivity contribution in [3.63, 3.8) is 0 Å². The Morgan fingerprint density at radius 3 is 2.64 bits per heavy atom. The lowest BCUT2D eigenvalue weighted by molar-refractivity contribution is -0.141. The molecule has 0 atom stereocenters. The fraction of sp³-hybridized carbons (Fsp3) is 0.423. The smallest absolute Gasteiger partial charge is 0.346 e. The van der Waals surface area contributed by atoms with E-state index in [-0.39, 0.29) is 35.4 Å². The van der Waals surface area contributed by atoms with E-state index in [2.05, 4.69) is 31.6 Å². The van der Waals surface area contributed by atoms with E-state index in [1.807, 2.05) is 0 Å². The lowest BCUT2D eigenvalue weighted by Gasteiger charge is -2.23. The van der Waals surface area contributed by atoms with E-state index in [9.17, 15) is 23.2 Å². The van der Waals surface area contributed by atoms with Gasteiger partial charge in [0.25, 0.3) is 5.91 Å². The minimum atomic E-state index is -4.65. The summed E-state index contributed by atoms with van der Waals surface area (Å²) in [5.74, 6) is -0.321. The maximum Gasteiger partial charge on any atom is 0.435 e. The van der Waals surface area contributed by atoms with Crippen LogP contribution >= 0.6 is 0 Å². The second-order valence-corrected chi connectivity index (χ2v) is 10.0. The van der Waals surface area contributed by atoms with Gasteiger partial charge in [0.1, 0.15) is 17.4 Å². The molecule has 0 spiro atoms. The van der Waals surface area contributed by atoms with Crippen LogP contribution in [0.25, 0.3) is 33.3 Å². The molecule has 1 saturated heterocycles. The Labute approximate surface area is 221 Å². The lowest BCUT2D eigenvalue weighted by Crippen LogP contribution is -2.31. The first kappa shape index (κ1) is 25.1. The number of aromatic nitrogens is 6. The van der Waals surface area contributed by atoms with Crippen molar-refractivity contribution < 1.29 is 18.0 Å². The van der Waals surface area contributed by atoms with Crippen LogP contribution in [0.2, 0.25) is 0 Å². The standard InChI is InChI=1S/C26H26F3N9O/c1-36-8-2-3-9-37-14-19(23(35-37)26(27,28)29)18-13-33-24-17(18)10-15(12-32-24)21-20(11-30)38(34-22(21)25(36)39)16-4-6-31-7-5-16/h10,12-14,16,31H,2-9H2,1H3,(H,32,33). The monoisotopic (exact) mass is 537 g/mol. The number of amides is 1. The van der Waals surface area contributed by atoms with E-state index in [0.29, 0.717) is 47.1 Å². The molecule has 0 aromatic carbocycles. The highest BCUT2D eigenvalue weighted by Gasteiger charge is 2.38. The molecule has 39 heavy (non-hydrogen) atoms. The number of aromatic amines is 1. The Hall–Kier alpha value is -4.18. The van der Waals surface area contributed by atoms with Gasteiger partial charge >= 0.3 is 6.18 Å². The third-order valence-electron chi connectivity index (χ3n) is 7.49. The summed E-state index contributed by atoms with van der Waals surface area (Å²) in [7, 11) is 1.67. The Bertz CT molecular complexity index is 1600. The van der Waals surface area contributed by atoms with Crippen LogP contribution in [0.5, 0.6) is 0 Å². The predicted octanol–water partition coefficient (Wildman–Crippen LogP) is 3.97. The van der Waals surface area contributed by atoms with E-state index >= 15 is 0 Å². The van der Waals surface area contributed by atoms with Crippen molar-refractivity contribution in [3.8, 4) is 28.3 Å². The average Bonchev–Trinajstić information content (AvgIpc) is 3.64. The number of piperidine rings is 1. The Morgan fingerprint density at radius 1 is 1.13 bits per heavy atom. The van der Waals surface area contributed by atoms with Gasteiger partial charge < -0.3 is 15.2 Å². The quantitative estimate of drug-likeness (QED) is 0.379. The molecule has 6 rings (SSSR count). The summed E-state index contributed by atoms with van der Waals surface area (Å²) < 4.78 is 45.0. The molecule has 2 N–H and O–H groups in total. The number of aryl methyl sites for hydroxylation is 1. The summed E-state index contributed by atoms with van der Waals surface area (Å²) in [6.45, 7) is 2.18. The second kappa shape index (κ2) is 9.53. The van der Waals surface area contributed by atoms with Gasteiger partial charge in [-0.15, -0.1) is 0 Å². The molecule has 4 bridgehead atoms. The Kier molecular flexibility index (Phi) is 6.14. The van der Waals surface area contributed by atoms with E-state index in [1.165, 1.54) is 23.3 Å².